The zero-order chi connectivity index (χ0) is 14.7. The summed E-state index contributed by atoms with van der Waals surface area (Å²) < 4.78 is 6.73. The maximum Gasteiger partial charge on any atom is 0.225 e. The summed E-state index contributed by atoms with van der Waals surface area (Å²) >= 11 is 1.64. The Bertz CT molecular complexity index is 599. The lowest BCUT2D eigenvalue weighted by atomic mass is 10.2. The van der Waals surface area contributed by atoms with Crippen LogP contribution in [0.4, 0.5) is 0 Å². The number of benzene rings is 1. The topological polar surface area (TPSA) is 54.5 Å². The number of aromatic nitrogens is 1. The molecule has 2 heterocycles. The number of thiazole rings is 1. The molecule has 0 spiro atoms. The van der Waals surface area contributed by atoms with Crippen molar-refractivity contribution in [3.05, 3.63) is 29.3 Å². The first-order chi connectivity index (χ1) is 10.2. The number of ether oxygens (including phenoxy) is 1. The molecule has 23 heavy (non-hydrogen) atoms. The fraction of sp³-hybridized carbons (Fsp3) is 0.467. The summed E-state index contributed by atoms with van der Waals surface area (Å²) in [7, 11) is 1.82. The first kappa shape index (κ1) is 20.1. The van der Waals surface area contributed by atoms with Crippen molar-refractivity contribution >= 4 is 52.3 Å². The monoisotopic (exact) mass is 377 g/mol. The number of halogens is 2. The third kappa shape index (κ3) is 5.29. The van der Waals surface area contributed by atoms with Crippen molar-refractivity contribution in [2.24, 2.45) is 0 Å². The third-order valence-electron chi connectivity index (χ3n) is 3.54. The lowest BCUT2D eigenvalue weighted by Crippen LogP contribution is -2.41. The van der Waals surface area contributed by atoms with E-state index in [1.54, 1.807) is 16.2 Å². The highest BCUT2D eigenvalue weighted by Crippen LogP contribution is 2.22. The molecule has 8 heteroatoms. The number of fused-ring (bicyclic) bond motifs is 1. The average molecular weight is 378 g/mol. The SMILES string of the molecule is CN(Cc1nc2ccccc2s1)C(=O)CC1CNCCO1.Cl.Cl. The number of carbonyl (C=O) groups is 1. The second kappa shape index (κ2) is 9.39. The zero-order valence-electron chi connectivity index (χ0n) is 12.9. The van der Waals surface area contributed by atoms with Gasteiger partial charge in [-0.1, -0.05) is 12.1 Å². The molecule has 2 aromatic rings. The lowest BCUT2D eigenvalue weighted by molar-refractivity contribution is -0.133. The molecule has 0 bridgehead atoms. The molecule has 3 rings (SSSR count). The molecule has 0 aliphatic carbocycles. The van der Waals surface area contributed by atoms with Gasteiger partial charge in [-0.05, 0) is 12.1 Å². The second-order valence-corrected chi connectivity index (χ2v) is 6.34. The van der Waals surface area contributed by atoms with Gasteiger partial charge in [-0.25, -0.2) is 4.98 Å². The van der Waals surface area contributed by atoms with Crippen LogP contribution in [-0.2, 0) is 16.1 Å². The van der Waals surface area contributed by atoms with E-state index < -0.39 is 0 Å². The van der Waals surface area contributed by atoms with E-state index >= 15 is 0 Å². The molecule has 1 N–H and O–H groups in total. The van der Waals surface area contributed by atoms with Crippen molar-refractivity contribution in [2.75, 3.05) is 26.7 Å². The molecule has 1 atom stereocenters. The van der Waals surface area contributed by atoms with Crippen LogP contribution in [0.15, 0.2) is 24.3 Å². The number of carbonyl (C=O) groups excluding carboxylic acids is 1. The van der Waals surface area contributed by atoms with Gasteiger partial charge in [-0.15, -0.1) is 36.2 Å². The highest BCUT2D eigenvalue weighted by atomic mass is 35.5. The number of nitrogens with one attached hydrogen (secondary N) is 1. The van der Waals surface area contributed by atoms with E-state index in [1.807, 2.05) is 25.2 Å². The first-order valence-electron chi connectivity index (χ1n) is 7.13. The summed E-state index contributed by atoms with van der Waals surface area (Å²) in [6.45, 7) is 2.85. The Kier molecular flexibility index (Phi) is 8.22. The Balaban J connectivity index is 0.00000132. The molecule has 1 aliphatic heterocycles. The largest absolute Gasteiger partial charge is 0.375 e. The summed E-state index contributed by atoms with van der Waals surface area (Å²) in [6.07, 6.45) is 0.415. The van der Waals surface area contributed by atoms with Crippen molar-refractivity contribution in [1.29, 1.82) is 0 Å². The summed E-state index contributed by atoms with van der Waals surface area (Å²) in [6, 6.07) is 8.04. The number of para-hydroxylation sites is 1. The molecule has 1 aromatic carbocycles. The standard InChI is InChI=1S/C15H19N3O2S.2ClH/c1-18(15(19)8-11-9-16-6-7-20-11)10-14-17-12-4-2-3-5-13(12)21-14;;/h2-5,11,16H,6-10H2,1H3;2*1H. The van der Waals surface area contributed by atoms with Gasteiger partial charge in [0.1, 0.15) is 5.01 Å². The van der Waals surface area contributed by atoms with Crippen molar-refractivity contribution in [3.8, 4) is 0 Å². The minimum atomic E-state index is -0.0101. The van der Waals surface area contributed by atoms with Crippen molar-refractivity contribution in [1.82, 2.24) is 15.2 Å². The Hall–Kier alpha value is -0.920. The van der Waals surface area contributed by atoms with E-state index in [0.29, 0.717) is 19.6 Å². The molecule has 0 radical (unpaired) electrons. The van der Waals surface area contributed by atoms with Crippen LogP contribution in [0.2, 0.25) is 0 Å². The second-order valence-electron chi connectivity index (χ2n) is 5.23. The van der Waals surface area contributed by atoms with E-state index in [1.165, 1.54) is 0 Å². The van der Waals surface area contributed by atoms with E-state index in [4.69, 9.17) is 4.74 Å². The van der Waals surface area contributed by atoms with Crippen LogP contribution in [0.1, 0.15) is 11.4 Å². The zero-order valence-corrected chi connectivity index (χ0v) is 15.3. The summed E-state index contributed by atoms with van der Waals surface area (Å²) in [4.78, 5) is 18.5. The minimum absolute atomic E-state index is 0. The van der Waals surface area contributed by atoms with E-state index in [0.717, 1.165) is 28.3 Å². The van der Waals surface area contributed by atoms with Crippen LogP contribution in [0, 0.1) is 0 Å². The molecule has 1 aromatic heterocycles. The average Bonchev–Trinajstić information content (AvgIpc) is 2.90. The van der Waals surface area contributed by atoms with Gasteiger partial charge in [-0.2, -0.15) is 0 Å². The quantitative estimate of drug-likeness (QED) is 0.888. The highest BCUT2D eigenvalue weighted by molar-refractivity contribution is 7.18. The Labute approximate surface area is 152 Å². The number of amides is 1. The number of nitrogens with zero attached hydrogens (tertiary/aromatic N) is 2. The van der Waals surface area contributed by atoms with Crippen LogP contribution in [0.5, 0.6) is 0 Å². The molecule has 1 amide bonds. The van der Waals surface area contributed by atoms with Crippen LogP contribution < -0.4 is 5.32 Å². The molecule has 1 fully saturated rings. The molecular weight excluding hydrogens is 357 g/mol. The molecule has 1 saturated heterocycles. The van der Waals surface area contributed by atoms with Gasteiger partial charge in [0.15, 0.2) is 0 Å². The summed E-state index contributed by atoms with van der Waals surface area (Å²) in [5.74, 6) is 0.1000. The molecule has 128 valence electrons. The van der Waals surface area contributed by atoms with Gasteiger partial charge in [0, 0.05) is 20.1 Å². The number of rotatable bonds is 4. The van der Waals surface area contributed by atoms with Crippen LogP contribution in [0.25, 0.3) is 10.2 Å². The van der Waals surface area contributed by atoms with Gasteiger partial charge >= 0.3 is 0 Å². The first-order valence-corrected chi connectivity index (χ1v) is 7.95. The third-order valence-corrected chi connectivity index (χ3v) is 4.56. The van der Waals surface area contributed by atoms with Crippen molar-refractivity contribution < 1.29 is 9.53 Å². The van der Waals surface area contributed by atoms with E-state index in [9.17, 15) is 4.79 Å². The van der Waals surface area contributed by atoms with Gasteiger partial charge in [0.05, 0.1) is 35.9 Å². The predicted octanol–water partition coefficient (Wildman–Crippen LogP) is 2.48. The van der Waals surface area contributed by atoms with Gasteiger partial charge in [0.2, 0.25) is 5.91 Å². The van der Waals surface area contributed by atoms with Gasteiger partial charge < -0.3 is 15.0 Å². The number of hydrogen-bond acceptors (Lipinski definition) is 5. The fourth-order valence-electron chi connectivity index (χ4n) is 2.38. The fourth-order valence-corrected chi connectivity index (χ4v) is 3.40. The molecule has 0 saturated carbocycles. The van der Waals surface area contributed by atoms with Crippen LogP contribution in [0.3, 0.4) is 0 Å². The molecule has 5 nitrogen and oxygen atoms in total. The highest BCUT2D eigenvalue weighted by Gasteiger charge is 2.20. The van der Waals surface area contributed by atoms with Crippen LogP contribution >= 0.6 is 36.2 Å². The Morgan fingerprint density at radius 1 is 1.43 bits per heavy atom. The smallest absolute Gasteiger partial charge is 0.225 e. The Morgan fingerprint density at radius 3 is 2.91 bits per heavy atom. The maximum absolute atomic E-state index is 12.2. The normalized spacial score (nSPS) is 17.2. The molecule has 1 unspecified atom stereocenters. The lowest BCUT2D eigenvalue weighted by Gasteiger charge is -2.25. The minimum Gasteiger partial charge on any atom is -0.375 e. The van der Waals surface area contributed by atoms with E-state index in [-0.39, 0.29) is 36.8 Å². The van der Waals surface area contributed by atoms with Crippen molar-refractivity contribution in [2.45, 2.75) is 19.1 Å². The van der Waals surface area contributed by atoms with Crippen molar-refractivity contribution in [3.63, 3.8) is 0 Å². The summed E-state index contributed by atoms with van der Waals surface area (Å²) in [5.41, 5.74) is 0.998. The number of hydrogen-bond donors (Lipinski definition) is 1. The van der Waals surface area contributed by atoms with Gasteiger partial charge in [-0.3, -0.25) is 4.79 Å². The molecule has 1 aliphatic rings. The predicted molar refractivity (Wildman–Crippen MR) is 97.8 cm³/mol. The maximum atomic E-state index is 12.2. The van der Waals surface area contributed by atoms with E-state index in [2.05, 4.69) is 16.4 Å². The van der Waals surface area contributed by atoms with Gasteiger partial charge in [0.25, 0.3) is 0 Å². The molecular formula is C15H21Cl2N3O2S. The van der Waals surface area contributed by atoms with Crippen LogP contribution in [-0.4, -0.2) is 48.6 Å². The number of morpholine rings is 1. The Morgan fingerprint density at radius 2 is 2.22 bits per heavy atom. The summed E-state index contributed by atoms with van der Waals surface area (Å²) in [5, 5.41) is 4.21.